The second-order valence-corrected chi connectivity index (χ2v) is 8.52. The molecule has 27 heavy (non-hydrogen) atoms. The topological polar surface area (TPSA) is 78.9 Å². The Labute approximate surface area is 156 Å². The van der Waals surface area contributed by atoms with Crippen LogP contribution in [0.2, 0.25) is 0 Å². The van der Waals surface area contributed by atoms with Gasteiger partial charge in [-0.05, 0) is 58.3 Å². The van der Waals surface area contributed by atoms with Gasteiger partial charge in [-0.3, -0.25) is 9.59 Å². The highest BCUT2D eigenvalue weighted by atomic mass is 19.4. The molecule has 1 aliphatic carbocycles. The molecule has 9 heteroatoms. The number of aliphatic hydroxyl groups excluding tert-OH is 1. The molecule has 3 aliphatic rings. The van der Waals surface area contributed by atoms with Crippen molar-refractivity contribution in [1.29, 1.82) is 0 Å². The number of nitrogens with one attached hydrogen (secondary N) is 1. The number of likely N-dealkylation sites (tertiary alicyclic amines) is 1. The van der Waals surface area contributed by atoms with E-state index in [9.17, 15) is 27.9 Å². The van der Waals surface area contributed by atoms with Crippen LogP contribution < -0.4 is 5.32 Å². The third-order valence-corrected chi connectivity index (χ3v) is 6.04. The number of carbonyl (C=O) groups excluding carboxylic acids is 2. The third-order valence-electron chi connectivity index (χ3n) is 6.04. The molecule has 0 aromatic heterocycles. The average molecular weight is 392 g/mol. The molecule has 1 spiro atoms. The number of nitrogens with zero attached hydrogens (tertiary/aromatic N) is 1. The number of ether oxygens (including phenoxy) is 1. The van der Waals surface area contributed by atoms with Crippen LogP contribution in [-0.2, 0) is 14.3 Å². The van der Waals surface area contributed by atoms with E-state index in [0.29, 0.717) is 19.4 Å². The van der Waals surface area contributed by atoms with Crippen molar-refractivity contribution in [2.45, 2.75) is 76.0 Å². The summed E-state index contributed by atoms with van der Waals surface area (Å²) in [6, 6.07) is 0. The van der Waals surface area contributed by atoms with Gasteiger partial charge in [-0.2, -0.15) is 13.2 Å². The van der Waals surface area contributed by atoms with E-state index in [2.05, 4.69) is 5.32 Å². The maximum Gasteiger partial charge on any atom is 0.391 e. The fourth-order valence-electron chi connectivity index (χ4n) is 4.46. The zero-order chi connectivity index (χ0) is 20.0. The molecule has 2 aliphatic heterocycles. The van der Waals surface area contributed by atoms with E-state index in [0.717, 1.165) is 0 Å². The summed E-state index contributed by atoms with van der Waals surface area (Å²) in [5.74, 6) is -2.56. The Kier molecular flexibility index (Phi) is 5.22. The zero-order valence-electron chi connectivity index (χ0n) is 15.6. The van der Waals surface area contributed by atoms with Crippen molar-refractivity contribution in [2.24, 2.45) is 11.8 Å². The summed E-state index contributed by atoms with van der Waals surface area (Å²) in [7, 11) is 0. The Hall–Kier alpha value is -1.35. The number of carbonyl (C=O) groups is 2. The number of aliphatic hydroxyl groups is 1. The number of halogens is 3. The van der Waals surface area contributed by atoms with Crippen LogP contribution >= 0.6 is 0 Å². The fraction of sp³-hybridized carbons (Fsp3) is 0.889. The summed E-state index contributed by atoms with van der Waals surface area (Å²) in [4.78, 5) is 26.3. The monoisotopic (exact) mass is 392 g/mol. The van der Waals surface area contributed by atoms with Gasteiger partial charge in [0.05, 0.1) is 12.5 Å². The van der Waals surface area contributed by atoms with Gasteiger partial charge in [0.2, 0.25) is 0 Å². The summed E-state index contributed by atoms with van der Waals surface area (Å²) in [5.41, 5.74) is -1.94. The number of hydrogen-bond acceptors (Lipinski definition) is 4. The summed E-state index contributed by atoms with van der Waals surface area (Å²) in [6.07, 6.45) is -4.13. The van der Waals surface area contributed by atoms with Crippen molar-refractivity contribution in [2.75, 3.05) is 13.1 Å². The maximum absolute atomic E-state index is 12.8. The van der Waals surface area contributed by atoms with Gasteiger partial charge in [-0.15, -0.1) is 0 Å². The number of rotatable bonds is 2. The first-order valence-electron chi connectivity index (χ1n) is 9.50. The minimum Gasteiger partial charge on any atom is -0.383 e. The highest BCUT2D eigenvalue weighted by Crippen LogP contribution is 2.41. The van der Waals surface area contributed by atoms with Crippen molar-refractivity contribution in [3.05, 3.63) is 0 Å². The largest absolute Gasteiger partial charge is 0.391 e. The van der Waals surface area contributed by atoms with Crippen LogP contribution in [0.5, 0.6) is 0 Å². The normalized spacial score (nSPS) is 35.2. The Morgan fingerprint density at radius 1 is 1.30 bits per heavy atom. The molecule has 3 rings (SSSR count). The highest BCUT2D eigenvalue weighted by molar-refractivity contribution is 5.87. The smallest absolute Gasteiger partial charge is 0.383 e. The number of amides is 2. The first-order valence-corrected chi connectivity index (χ1v) is 9.50. The van der Waals surface area contributed by atoms with E-state index in [1.54, 1.807) is 13.8 Å². The molecule has 0 bridgehead atoms. The van der Waals surface area contributed by atoms with Crippen LogP contribution in [0.3, 0.4) is 0 Å². The zero-order valence-corrected chi connectivity index (χ0v) is 15.6. The molecule has 2 heterocycles. The van der Waals surface area contributed by atoms with E-state index in [4.69, 9.17) is 4.74 Å². The van der Waals surface area contributed by atoms with Gasteiger partial charge in [0.25, 0.3) is 11.8 Å². The number of piperidine rings is 1. The van der Waals surface area contributed by atoms with Crippen molar-refractivity contribution in [1.82, 2.24) is 10.2 Å². The first-order chi connectivity index (χ1) is 12.4. The number of hydrogen-bond donors (Lipinski definition) is 2. The summed E-state index contributed by atoms with van der Waals surface area (Å²) >= 11 is 0. The molecule has 2 N–H and O–H groups in total. The number of alkyl halides is 3. The van der Waals surface area contributed by atoms with Gasteiger partial charge in [0.15, 0.2) is 5.72 Å². The van der Waals surface area contributed by atoms with Crippen molar-refractivity contribution < 1.29 is 32.6 Å². The highest BCUT2D eigenvalue weighted by Gasteiger charge is 2.53. The van der Waals surface area contributed by atoms with Gasteiger partial charge in [-0.1, -0.05) is 0 Å². The molecule has 2 atom stereocenters. The molecule has 6 nitrogen and oxygen atoms in total. The Balaban J connectivity index is 1.60. The van der Waals surface area contributed by atoms with Gasteiger partial charge < -0.3 is 20.1 Å². The van der Waals surface area contributed by atoms with E-state index in [1.165, 1.54) is 4.90 Å². The van der Waals surface area contributed by atoms with E-state index in [-0.39, 0.29) is 38.1 Å². The quantitative estimate of drug-likeness (QED) is 0.753. The van der Waals surface area contributed by atoms with Gasteiger partial charge >= 0.3 is 6.18 Å². The second kappa shape index (κ2) is 6.92. The van der Waals surface area contributed by atoms with Gasteiger partial charge in [-0.25, -0.2) is 0 Å². The molecule has 3 fully saturated rings. The lowest BCUT2D eigenvalue weighted by molar-refractivity contribution is -0.187. The standard InChI is InChI=1S/C18H27F3N2O4/c1-16(2)15(26)22-17(27-16)8-3-9-23(10-17)14(25)13(24)11-4-6-12(7-5-11)18(19,20)21/h11-13,24H,3-10H2,1-2H3,(H,22,26). The van der Waals surface area contributed by atoms with Crippen LogP contribution in [0.1, 0.15) is 52.4 Å². The molecule has 2 unspecified atom stereocenters. The van der Waals surface area contributed by atoms with Crippen molar-refractivity contribution in [3.63, 3.8) is 0 Å². The molecule has 2 saturated heterocycles. The molecule has 0 aromatic carbocycles. The van der Waals surface area contributed by atoms with Gasteiger partial charge in [0.1, 0.15) is 11.7 Å². The SMILES string of the molecule is CC1(C)OC2(CCCN(C(=O)C(O)C3CCC(C(F)(F)F)CC3)C2)NC1=O. The predicted molar refractivity (Wildman–Crippen MR) is 89.4 cm³/mol. The lowest BCUT2D eigenvalue weighted by atomic mass is 9.78. The van der Waals surface area contributed by atoms with Gasteiger partial charge in [0, 0.05) is 6.54 Å². The average Bonchev–Trinajstić information content (AvgIpc) is 2.80. The second-order valence-electron chi connectivity index (χ2n) is 8.52. The van der Waals surface area contributed by atoms with Crippen LogP contribution in [0, 0.1) is 11.8 Å². The lowest BCUT2D eigenvalue weighted by Gasteiger charge is -2.41. The van der Waals surface area contributed by atoms with Crippen LogP contribution in [0.25, 0.3) is 0 Å². The van der Waals surface area contributed by atoms with E-state index >= 15 is 0 Å². The molecule has 0 radical (unpaired) electrons. The lowest BCUT2D eigenvalue weighted by Crippen LogP contribution is -2.59. The molecule has 0 aromatic rings. The Morgan fingerprint density at radius 2 is 1.93 bits per heavy atom. The van der Waals surface area contributed by atoms with Crippen LogP contribution in [-0.4, -0.2) is 58.5 Å². The fourth-order valence-corrected chi connectivity index (χ4v) is 4.46. The molecular formula is C18H27F3N2O4. The Bertz CT molecular complexity index is 602. The molecular weight excluding hydrogens is 365 g/mol. The Morgan fingerprint density at radius 3 is 2.44 bits per heavy atom. The first kappa shape index (κ1) is 20.4. The minimum absolute atomic E-state index is 0.0597. The van der Waals surface area contributed by atoms with E-state index < -0.39 is 41.3 Å². The third kappa shape index (κ3) is 4.08. The maximum atomic E-state index is 12.8. The van der Waals surface area contributed by atoms with Crippen molar-refractivity contribution >= 4 is 11.8 Å². The van der Waals surface area contributed by atoms with Crippen molar-refractivity contribution in [3.8, 4) is 0 Å². The minimum atomic E-state index is -4.22. The molecule has 1 saturated carbocycles. The summed E-state index contributed by atoms with van der Waals surface area (Å²) in [5, 5.41) is 13.3. The summed E-state index contributed by atoms with van der Waals surface area (Å²) < 4.78 is 44.3. The molecule has 2 amide bonds. The predicted octanol–water partition coefficient (Wildman–Crippen LogP) is 1.96. The van der Waals surface area contributed by atoms with Crippen LogP contribution in [0.4, 0.5) is 13.2 Å². The molecule has 154 valence electrons. The van der Waals surface area contributed by atoms with E-state index in [1.807, 2.05) is 0 Å². The van der Waals surface area contributed by atoms with Crippen LogP contribution in [0.15, 0.2) is 0 Å². The summed E-state index contributed by atoms with van der Waals surface area (Å²) in [6.45, 7) is 3.88.